The number of sulfone groups is 1. The fourth-order valence-corrected chi connectivity index (χ4v) is 5.22. The molecule has 0 aromatic heterocycles. The molecule has 0 spiro atoms. The minimum Gasteiger partial charge on any atom is -0.353 e. The van der Waals surface area contributed by atoms with E-state index in [1.807, 2.05) is 49.4 Å². The van der Waals surface area contributed by atoms with Crippen LogP contribution in [0.1, 0.15) is 5.56 Å². The summed E-state index contributed by atoms with van der Waals surface area (Å²) < 4.78 is 26.2. The van der Waals surface area contributed by atoms with E-state index in [1.54, 1.807) is 36.0 Å². The highest BCUT2D eigenvalue weighted by Gasteiger charge is 2.26. The predicted molar refractivity (Wildman–Crippen MR) is 96.9 cm³/mol. The van der Waals surface area contributed by atoms with Gasteiger partial charge in [-0.2, -0.15) is 0 Å². The van der Waals surface area contributed by atoms with Crippen LogP contribution >= 0.6 is 11.8 Å². The summed E-state index contributed by atoms with van der Waals surface area (Å²) >= 11 is 1.58. The van der Waals surface area contributed by atoms with Gasteiger partial charge in [0.1, 0.15) is 0 Å². The number of aryl methyl sites for hydroxylation is 1. The van der Waals surface area contributed by atoms with E-state index >= 15 is 0 Å². The van der Waals surface area contributed by atoms with Gasteiger partial charge in [0.2, 0.25) is 9.84 Å². The van der Waals surface area contributed by atoms with E-state index < -0.39 is 9.84 Å². The van der Waals surface area contributed by atoms with E-state index in [4.69, 9.17) is 0 Å². The van der Waals surface area contributed by atoms with Crippen molar-refractivity contribution >= 4 is 33.0 Å². The Kier molecular flexibility index (Phi) is 3.62. The zero-order chi connectivity index (χ0) is 16.7. The Hall–Kier alpha value is -2.24. The zero-order valence-electron chi connectivity index (χ0n) is 13.0. The summed E-state index contributed by atoms with van der Waals surface area (Å²) in [6.45, 7) is 1.94. The average molecular weight is 353 g/mol. The van der Waals surface area contributed by atoms with Crippen molar-refractivity contribution in [2.45, 2.75) is 26.5 Å². The highest BCUT2D eigenvalue weighted by Crippen LogP contribution is 2.47. The van der Waals surface area contributed by atoms with Gasteiger partial charge in [-0.05, 0) is 43.3 Å². The second-order valence-corrected chi connectivity index (χ2v) is 8.67. The van der Waals surface area contributed by atoms with Crippen LogP contribution in [0.3, 0.4) is 0 Å². The largest absolute Gasteiger partial charge is 0.353 e. The van der Waals surface area contributed by atoms with Crippen molar-refractivity contribution < 1.29 is 8.42 Å². The van der Waals surface area contributed by atoms with E-state index in [0.29, 0.717) is 15.5 Å². The molecule has 120 valence electrons. The maximum Gasteiger partial charge on any atom is 0.208 e. The molecule has 4 rings (SSSR count). The number of hydrogen-bond acceptors (Lipinski definition) is 4. The first kappa shape index (κ1) is 15.3. The second kappa shape index (κ2) is 5.69. The summed E-state index contributed by atoms with van der Waals surface area (Å²) in [5.41, 5.74) is 2.62. The van der Waals surface area contributed by atoms with Gasteiger partial charge in [-0.1, -0.05) is 47.7 Å². The highest BCUT2D eigenvalue weighted by atomic mass is 32.2. The zero-order valence-corrected chi connectivity index (χ0v) is 14.6. The van der Waals surface area contributed by atoms with Crippen LogP contribution in [0.2, 0.25) is 0 Å². The maximum absolute atomic E-state index is 13.1. The molecule has 0 aliphatic carbocycles. The monoisotopic (exact) mass is 353 g/mol. The van der Waals surface area contributed by atoms with Gasteiger partial charge in [0.15, 0.2) is 0 Å². The van der Waals surface area contributed by atoms with E-state index in [0.717, 1.165) is 21.0 Å². The number of anilines is 2. The van der Waals surface area contributed by atoms with Crippen molar-refractivity contribution in [3.05, 3.63) is 72.3 Å². The fourth-order valence-electron chi connectivity index (χ4n) is 2.70. The predicted octanol–water partition coefficient (Wildman–Crippen LogP) is 5.04. The van der Waals surface area contributed by atoms with Crippen LogP contribution in [-0.2, 0) is 9.84 Å². The van der Waals surface area contributed by atoms with Crippen LogP contribution in [0, 0.1) is 6.92 Å². The van der Waals surface area contributed by atoms with Crippen LogP contribution in [0.15, 0.2) is 86.3 Å². The van der Waals surface area contributed by atoms with Crippen molar-refractivity contribution in [1.29, 1.82) is 0 Å². The third-order valence-electron chi connectivity index (χ3n) is 3.98. The van der Waals surface area contributed by atoms with Crippen LogP contribution in [0.4, 0.5) is 11.4 Å². The number of rotatable bonds is 2. The van der Waals surface area contributed by atoms with Crippen molar-refractivity contribution in [3.63, 3.8) is 0 Å². The molecule has 0 atom stereocenters. The Balaban J connectivity index is 1.85. The molecule has 0 fully saturated rings. The van der Waals surface area contributed by atoms with Crippen molar-refractivity contribution in [3.8, 4) is 0 Å². The standard InChI is InChI=1S/C19H15NO2S2/c1-13-9-11-14(12-10-13)24(21,22)18-8-4-7-17-19(18)20-15-5-2-3-6-16(15)23-17/h2-12,20H,1H3. The average Bonchev–Trinajstić information content (AvgIpc) is 2.59. The molecule has 3 aromatic rings. The van der Waals surface area contributed by atoms with E-state index in [2.05, 4.69) is 5.32 Å². The molecule has 0 unspecified atom stereocenters. The normalized spacial score (nSPS) is 12.9. The van der Waals surface area contributed by atoms with Gasteiger partial charge in [-0.3, -0.25) is 0 Å². The molecule has 0 bridgehead atoms. The number of nitrogens with one attached hydrogen (secondary N) is 1. The molecule has 24 heavy (non-hydrogen) atoms. The summed E-state index contributed by atoms with van der Waals surface area (Å²) in [6.07, 6.45) is 0. The molecule has 1 aliphatic heterocycles. The lowest BCUT2D eigenvalue weighted by atomic mass is 10.2. The molecule has 0 amide bonds. The van der Waals surface area contributed by atoms with Gasteiger partial charge in [0.05, 0.1) is 21.2 Å². The summed E-state index contributed by atoms with van der Waals surface area (Å²) in [6, 6.07) is 20.3. The van der Waals surface area contributed by atoms with Gasteiger partial charge < -0.3 is 5.32 Å². The Morgan fingerprint density at radius 3 is 2.33 bits per heavy atom. The molecule has 0 saturated carbocycles. The van der Waals surface area contributed by atoms with Gasteiger partial charge in [0.25, 0.3) is 0 Å². The molecular formula is C19H15NO2S2. The second-order valence-electron chi connectivity index (χ2n) is 5.67. The first-order valence-electron chi connectivity index (χ1n) is 7.54. The lowest BCUT2D eigenvalue weighted by Gasteiger charge is -2.23. The number of para-hydroxylation sites is 2. The Bertz CT molecular complexity index is 1030. The van der Waals surface area contributed by atoms with Crippen molar-refractivity contribution in [2.75, 3.05) is 5.32 Å². The van der Waals surface area contributed by atoms with Gasteiger partial charge in [0, 0.05) is 9.79 Å². The highest BCUT2D eigenvalue weighted by molar-refractivity contribution is 7.99. The molecule has 1 aliphatic rings. The Labute approximate surface area is 145 Å². The van der Waals surface area contributed by atoms with Crippen LogP contribution in [-0.4, -0.2) is 8.42 Å². The topological polar surface area (TPSA) is 46.2 Å². The SMILES string of the molecule is Cc1ccc(S(=O)(=O)c2cccc3c2Nc2ccccc2S3)cc1. The molecule has 0 radical (unpaired) electrons. The quantitative estimate of drug-likeness (QED) is 0.549. The van der Waals surface area contributed by atoms with Gasteiger partial charge in [-0.25, -0.2) is 8.42 Å². The lowest BCUT2D eigenvalue weighted by Crippen LogP contribution is -2.09. The summed E-state index contributed by atoms with van der Waals surface area (Å²) in [4.78, 5) is 2.63. The molecule has 3 aromatic carbocycles. The Morgan fingerprint density at radius 2 is 1.54 bits per heavy atom. The van der Waals surface area contributed by atoms with Crippen molar-refractivity contribution in [2.24, 2.45) is 0 Å². The maximum atomic E-state index is 13.1. The molecule has 5 heteroatoms. The first-order chi connectivity index (χ1) is 11.6. The molecule has 3 nitrogen and oxygen atoms in total. The smallest absolute Gasteiger partial charge is 0.208 e. The number of fused-ring (bicyclic) bond motifs is 2. The lowest BCUT2D eigenvalue weighted by molar-refractivity contribution is 0.596. The van der Waals surface area contributed by atoms with E-state index in [1.165, 1.54) is 0 Å². The summed E-state index contributed by atoms with van der Waals surface area (Å²) in [7, 11) is -3.58. The third kappa shape index (κ3) is 2.50. The minimum absolute atomic E-state index is 0.311. The number of benzene rings is 3. The van der Waals surface area contributed by atoms with E-state index in [-0.39, 0.29) is 0 Å². The molecule has 0 saturated heterocycles. The number of hydrogen-bond donors (Lipinski definition) is 1. The third-order valence-corrected chi connectivity index (χ3v) is 6.92. The summed E-state index contributed by atoms with van der Waals surface area (Å²) in [5, 5.41) is 3.30. The van der Waals surface area contributed by atoms with E-state index in [9.17, 15) is 8.42 Å². The van der Waals surface area contributed by atoms with Crippen LogP contribution in [0.25, 0.3) is 0 Å². The fraction of sp³-hybridized carbons (Fsp3) is 0.0526. The first-order valence-corrected chi connectivity index (χ1v) is 9.84. The van der Waals surface area contributed by atoms with Gasteiger partial charge in [-0.15, -0.1) is 0 Å². The molecule has 1 N–H and O–H groups in total. The van der Waals surface area contributed by atoms with Crippen LogP contribution in [0.5, 0.6) is 0 Å². The van der Waals surface area contributed by atoms with Crippen LogP contribution < -0.4 is 5.32 Å². The van der Waals surface area contributed by atoms with Gasteiger partial charge >= 0.3 is 0 Å². The molecular weight excluding hydrogens is 338 g/mol. The molecule has 1 heterocycles. The minimum atomic E-state index is -3.58. The van der Waals surface area contributed by atoms with Crippen molar-refractivity contribution in [1.82, 2.24) is 0 Å². The summed E-state index contributed by atoms with van der Waals surface area (Å²) in [5.74, 6) is 0. The Morgan fingerprint density at radius 1 is 0.833 bits per heavy atom.